The van der Waals surface area contributed by atoms with Crippen LogP contribution in [0.1, 0.15) is 27.2 Å². The van der Waals surface area contributed by atoms with E-state index in [1.165, 1.54) is 0 Å². The maximum atomic E-state index is 11.7. The van der Waals surface area contributed by atoms with Crippen LogP contribution in [0.25, 0.3) is 0 Å². The van der Waals surface area contributed by atoms with E-state index >= 15 is 0 Å². The summed E-state index contributed by atoms with van der Waals surface area (Å²) < 4.78 is 4.94. The second kappa shape index (κ2) is 6.89. The summed E-state index contributed by atoms with van der Waals surface area (Å²) in [4.78, 5) is 13.5. The minimum atomic E-state index is 0.136. The summed E-state index contributed by atoms with van der Waals surface area (Å²) in [6.07, 6.45) is 0.905. The van der Waals surface area contributed by atoms with Crippen LogP contribution in [0.15, 0.2) is 0 Å². The molecule has 0 fully saturated rings. The zero-order chi connectivity index (χ0) is 10.3. The van der Waals surface area contributed by atoms with Gasteiger partial charge in [0.25, 0.3) is 0 Å². The quantitative estimate of drug-likeness (QED) is 0.631. The highest BCUT2D eigenvalue weighted by Crippen LogP contribution is 2.05. The van der Waals surface area contributed by atoms with E-state index in [-0.39, 0.29) is 11.8 Å². The Morgan fingerprint density at radius 2 is 2.08 bits per heavy atom. The number of hydrogen-bond acceptors (Lipinski definition) is 2. The Morgan fingerprint density at radius 1 is 1.46 bits per heavy atom. The maximum Gasteiger partial charge on any atom is 0.225 e. The molecule has 0 aromatic heterocycles. The van der Waals surface area contributed by atoms with E-state index in [1.54, 1.807) is 7.11 Å². The van der Waals surface area contributed by atoms with Gasteiger partial charge in [0.2, 0.25) is 5.91 Å². The molecular formula is C10H21NO2. The zero-order valence-electron chi connectivity index (χ0n) is 9.17. The number of likely N-dealkylation sites (N-methyl/N-ethyl adjacent to an activating group) is 1. The SMILES string of the molecule is CCC(C)C(=O)N(CC)CCOC. The van der Waals surface area contributed by atoms with Gasteiger partial charge in [-0.2, -0.15) is 0 Å². The molecule has 0 aliphatic rings. The molecule has 0 bridgehead atoms. The van der Waals surface area contributed by atoms with Gasteiger partial charge in [-0.25, -0.2) is 0 Å². The molecular weight excluding hydrogens is 166 g/mol. The zero-order valence-corrected chi connectivity index (χ0v) is 9.17. The van der Waals surface area contributed by atoms with Crippen molar-refractivity contribution in [3.05, 3.63) is 0 Å². The van der Waals surface area contributed by atoms with E-state index in [0.29, 0.717) is 13.2 Å². The minimum absolute atomic E-state index is 0.136. The van der Waals surface area contributed by atoms with Crippen LogP contribution in [0.3, 0.4) is 0 Å². The highest BCUT2D eigenvalue weighted by atomic mass is 16.5. The van der Waals surface area contributed by atoms with Crippen LogP contribution in [-0.4, -0.2) is 37.6 Å². The molecule has 0 heterocycles. The van der Waals surface area contributed by atoms with Crippen LogP contribution in [0.5, 0.6) is 0 Å². The Kier molecular flexibility index (Phi) is 6.59. The highest BCUT2D eigenvalue weighted by Gasteiger charge is 2.16. The van der Waals surface area contributed by atoms with Crippen LogP contribution in [0.4, 0.5) is 0 Å². The molecule has 3 heteroatoms. The van der Waals surface area contributed by atoms with Gasteiger partial charge < -0.3 is 9.64 Å². The minimum Gasteiger partial charge on any atom is -0.383 e. The summed E-state index contributed by atoms with van der Waals surface area (Å²) in [5, 5.41) is 0. The molecule has 0 aromatic carbocycles. The van der Waals surface area contributed by atoms with Crippen LogP contribution in [-0.2, 0) is 9.53 Å². The number of hydrogen-bond donors (Lipinski definition) is 0. The summed E-state index contributed by atoms with van der Waals surface area (Å²) in [6, 6.07) is 0. The Hall–Kier alpha value is -0.570. The number of rotatable bonds is 6. The first-order valence-corrected chi connectivity index (χ1v) is 4.95. The molecule has 0 rings (SSSR count). The van der Waals surface area contributed by atoms with Crippen LogP contribution in [0, 0.1) is 5.92 Å². The van der Waals surface area contributed by atoms with E-state index in [4.69, 9.17) is 4.74 Å². The summed E-state index contributed by atoms with van der Waals surface area (Å²) in [6.45, 7) is 8.10. The number of ether oxygens (including phenoxy) is 1. The lowest BCUT2D eigenvalue weighted by Crippen LogP contribution is -2.37. The summed E-state index contributed by atoms with van der Waals surface area (Å²) in [5.74, 6) is 0.374. The second-order valence-electron chi connectivity index (χ2n) is 3.22. The molecule has 0 aliphatic heterocycles. The molecule has 0 N–H and O–H groups in total. The van der Waals surface area contributed by atoms with Gasteiger partial charge in [0.05, 0.1) is 6.61 Å². The third kappa shape index (κ3) is 4.27. The first-order valence-electron chi connectivity index (χ1n) is 4.95. The smallest absolute Gasteiger partial charge is 0.225 e. The lowest BCUT2D eigenvalue weighted by Gasteiger charge is -2.23. The van der Waals surface area contributed by atoms with Gasteiger partial charge in [-0.05, 0) is 13.3 Å². The summed E-state index contributed by atoms with van der Waals surface area (Å²) in [5.41, 5.74) is 0. The predicted octanol–water partition coefficient (Wildman–Crippen LogP) is 1.53. The normalized spacial score (nSPS) is 12.6. The molecule has 0 saturated heterocycles. The van der Waals surface area contributed by atoms with Crippen molar-refractivity contribution in [1.29, 1.82) is 0 Å². The average Bonchev–Trinajstić information content (AvgIpc) is 2.17. The van der Waals surface area contributed by atoms with Crippen molar-refractivity contribution >= 4 is 5.91 Å². The molecule has 1 unspecified atom stereocenters. The molecule has 0 radical (unpaired) electrons. The Bertz CT molecular complexity index is 148. The van der Waals surface area contributed by atoms with Crippen molar-refractivity contribution in [2.45, 2.75) is 27.2 Å². The molecule has 0 aromatic rings. The van der Waals surface area contributed by atoms with Crippen molar-refractivity contribution in [3.8, 4) is 0 Å². The van der Waals surface area contributed by atoms with Crippen molar-refractivity contribution in [3.63, 3.8) is 0 Å². The Morgan fingerprint density at radius 3 is 2.46 bits per heavy atom. The van der Waals surface area contributed by atoms with E-state index in [1.807, 2.05) is 25.7 Å². The van der Waals surface area contributed by atoms with Crippen molar-refractivity contribution in [2.75, 3.05) is 26.8 Å². The fourth-order valence-electron chi connectivity index (χ4n) is 1.11. The molecule has 78 valence electrons. The third-order valence-electron chi connectivity index (χ3n) is 2.29. The monoisotopic (exact) mass is 187 g/mol. The van der Waals surface area contributed by atoms with Gasteiger partial charge in [0, 0.05) is 26.1 Å². The fourth-order valence-corrected chi connectivity index (χ4v) is 1.11. The molecule has 1 atom stereocenters. The summed E-state index contributed by atoms with van der Waals surface area (Å²) in [7, 11) is 1.65. The van der Waals surface area contributed by atoms with Crippen molar-refractivity contribution in [2.24, 2.45) is 5.92 Å². The fraction of sp³-hybridized carbons (Fsp3) is 0.900. The van der Waals surface area contributed by atoms with Crippen LogP contribution in [0.2, 0.25) is 0 Å². The largest absolute Gasteiger partial charge is 0.383 e. The van der Waals surface area contributed by atoms with E-state index < -0.39 is 0 Å². The number of carbonyl (C=O) groups is 1. The first kappa shape index (κ1) is 12.4. The first-order chi connectivity index (χ1) is 6.17. The standard InChI is InChI=1S/C10H21NO2/c1-5-9(3)10(12)11(6-2)7-8-13-4/h9H,5-8H2,1-4H3. The average molecular weight is 187 g/mol. The molecule has 0 aliphatic carbocycles. The van der Waals surface area contributed by atoms with Gasteiger partial charge in [-0.1, -0.05) is 13.8 Å². The third-order valence-corrected chi connectivity index (χ3v) is 2.29. The maximum absolute atomic E-state index is 11.7. The summed E-state index contributed by atoms with van der Waals surface area (Å²) >= 11 is 0. The van der Waals surface area contributed by atoms with E-state index in [2.05, 4.69) is 0 Å². The Labute approximate surface area is 81.1 Å². The Balaban J connectivity index is 3.98. The lowest BCUT2D eigenvalue weighted by molar-refractivity contribution is -0.135. The molecule has 13 heavy (non-hydrogen) atoms. The van der Waals surface area contributed by atoms with Gasteiger partial charge in [-0.3, -0.25) is 4.79 Å². The van der Waals surface area contributed by atoms with Gasteiger partial charge in [0.15, 0.2) is 0 Å². The van der Waals surface area contributed by atoms with Gasteiger partial charge in [-0.15, -0.1) is 0 Å². The van der Waals surface area contributed by atoms with Crippen molar-refractivity contribution in [1.82, 2.24) is 4.90 Å². The van der Waals surface area contributed by atoms with Gasteiger partial charge in [0.1, 0.15) is 0 Å². The van der Waals surface area contributed by atoms with E-state index in [9.17, 15) is 4.79 Å². The topological polar surface area (TPSA) is 29.5 Å². The predicted molar refractivity (Wildman–Crippen MR) is 53.6 cm³/mol. The number of carbonyl (C=O) groups excluding carboxylic acids is 1. The van der Waals surface area contributed by atoms with Crippen LogP contribution < -0.4 is 0 Å². The van der Waals surface area contributed by atoms with Crippen LogP contribution >= 0.6 is 0 Å². The number of methoxy groups -OCH3 is 1. The molecule has 1 amide bonds. The number of amides is 1. The molecule has 0 spiro atoms. The van der Waals surface area contributed by atoms with Gasteiger partial charge >= 0.3 is 0 Å². The van der Waals surface area contributed by atoms with E-state index in [0.717, 1.165) is 13.0 Å². The molecule has 3 nitrogen and oxygen atoms in total. The number of nitrogens with zero attached hydrogens (tertiary/aromatic N) is 1. The lowest BCUT2D eigenvalue weighted by atomic mass is 10.1. The highest BCUT2D eigenvalue weighted by molar-refractivity contribution is 5.78. The van der Waals surface area contributed by atoms with Crippen molar-refractivity contribution < 1.29 is 9.53 Å². The second-order valence-corrected chi connectivity index (χ2v) is 3.22. The molecule has 0 saturated carbocycles.